The lowest BCUT2D eigenvalue weighted by molar-refractivity contribution is 0.102. The fraction of sp³-hybridized carbons (Fsp3) is 0.375. The summed E-state index contributed by atoms with van der Waals surface area (Å²) >= 11 is 0. The third-order valence-corrected chi connectivity index (χ3v) is 3.57. The van der Waals surface area contributed by atoms with Gasteiger partial charge in [-0.2, -0.15) is 5.10 Å². The maximum atomic E-state index is 12.4. The van der Waals surface area contributed by atoms with Crippen LogP contribution in [-0.4, -0.2) is 29.9 Å². The van der Waals surface area contributed by atoms with Crippen LogP contribution >= 0.6 is 0 Å². The first kappa shape index (κ1) is 15.9. The van der Waals surface area contributed by atoms with E-state index in [1.807, 2.05) is 0 Å². The Kier molecular flexibility index (Phi) is 5.04. The van der Waals surface area contributed by atoms with Crippen LogP contribution < -0.4 is 14.8 Å². The topological polar surface area (TPSA) is 65.4 Å². The highest BCUT2D eigenvalue weighted by molar-refractivity contribution is 6.04. The van der Waals surface area contributed by atoms with Crippen LogP contribution in [0, 0.1) is 0 Å². The number of benzene rings is 1. The fourth-order valence-corrected chi connectivity index (χ4v) is 2.10. The van der Waals surface area contributed by atoms with E-state index in [0.717, 1.165) is 6.42 Å². The standard InChI is InChI=1S/C16H21N3O3/c1-5-11(2)19-15(8-9-17-19)18-16(20)12-6-7-13(21-3)14(10-12)22-4/h6-11H,5H2,1-4H3,(H,18,20). The van der Waals surface area contributed by atoms with Crippen molar-refractivity contribution in [2.75, 3.05) is 19.5 Å². The zero-order valence-electron chi connectivity index (χ0n) is 13.3. The van der Waals surface area contributed by atoms with Crippen LogP contribution in [0.1, 0.15) is 36.7 Å². The molecule has 1 aromatic heterocycles. The second-order valence-electron chi connectivity index (χ2n) is 4.94. The fourth-order valence-electron chi connectivity index (χ4n) is 2.10. The summed E-state index contributed by atoms with van der Waals surface area (Å²) in [6.07, 6.45) is 2.61. The molecule has 0 aliphatic carbocycles. The number of rotatable bonds is 6. The number of aromatic nitrogens is 2. The maximum absolute atomic E-state index is 12.4. The van der Waals surface area contributed by atoms with E-state index in [1.54, 1.807) is 42.3 Å². The van der Waals surface area contributed by atoms with E-state index < -0.39 is 0 Å². The Morgan fingerprint density at radius 2 is 2.00 bits per heavy atom. The lowest BCUT2D eigenvalue weighted by Crippen LogP contribution is -2.17. The molecule has 1 heterocycles. The van der Waals surface area contributed by atoms with Gasteiger partial charge in [0, 0.05) is 11.6 Å². The first-order chi connectivity index (χ1) is 10.6. The number of carbonyl (C=O) groups is 1. The van der Waals surface area contributed by atoms with Gasteiger partial charge in [0.1, 0.15) is 5.82 Å². The van der Waals surface area contributed by atoms with Crippen LogP contribution in [-0.2, 0) is 0 Å². The van der Waals surface area contributed by atoms with Gasteiger partial charge in [0.05, 0.1) is 26.5 Å². The number of anilines is 1. The Morgan fingerprint density at radius 3 is 2.64 bits per heavy atom. The Labute approximate surface area is 130 Å². The number of hydrogen-bond donors (Lipinski definition) is 1. The second-order valence-corrected chi connectivity index (χ2v) is 4.94. The van der Waals surface area contributed by atoms with Crippen LogP contribution in [0.4, 0.5) is 5.82 Å². The van der Waals surface area contributed by atoms with E-state index in [-0.39, 0.29) is 11.9 Å². The summed E-state index contributed by atoms with van der Waals surface area (Å²) in [5, 5.41) is 7.13. The monoisotopic (exact) mass is 303 g/mol. The lowest BCUT2D eigenvalue weighted by atomic mass is 10.2. The van der Waals surface area contributed by atoms with Gasteiger partial charge < -0.3 is 14.8 Å². The highest BCUT2D eigenvalue weighted by atomic mass is 16.5. The van der Waals surface area contributed by atoms with Crippen molar-refractivity contribution in [2.45, 2.75) is 26.3 Å². The van der Waals surface area contributed by atoms with Gasteiger partial charge >= 0.3 is 0 Å². The molecule has 1 unspecified atom stereocenters. The summed E-state index contributed by atoms with van der Waals surface area (Å²) in [4.78, 5) is 12.4. The van der Waals surface area contributed by atoms with Crippen molar-refractivity contribution in [1.82, 2.24) is 9.78 Å². The SMILES string of the molecule is CCC(C)n1nccc1NC(=O)c1ccc(OC)c(OC)c1. The number of ether oxygens (including phenoxy) is 2. The summed E-state index contributed by atoms with van der Waals surface area (Å²) in [6.45, 7) is 4.13. The molecule has 118 valence electrons. The number of nitrogens with zero attached hydrogens (tertiary/aromatic N) is 2. The molecule has 0 spiro atoms. The Hall–Kier alpha value is -2.50. The van der Waals surface area contributed by atoms with Gasteiger partial charge in [-0.1, -0.05) is 6.92 Å². The van der Waals surface area contributed by atoms with Crippen molar-refractivity contribution in [3.05, 3.63) is 36.0 Å². The molecule has 22 heavy (non-hydrogen) atoms. The largest absolute Gasteiger partial charge is 0.493 e. The number of methoxy groups -OCH3 is 2. The molecule has 0 fully saturated rings. The van der Waals surface area contributed by atoms with Crippen LogP contribution in [0.15, 0.2) is 30.5 Å². The quantitative estimate of drug-likeness (QED) is 0.890. The van der Waals surface area contributed by atoms with E-state index in [9.17, 15) is 4.79 Å². The molecule has 0 saturated carbocycles. The molecule has 2 aromatic rings. The Bertz CT molecular complexity index is 652. The maximum Gasteiger partial charge on any atom is 0.256 e. The number of amides is 1. The highest BCUT2D eigenvalue weighted by Gasteiger charge is 2.14. The van der Waals surface area contributed by atoms with Crippen molar-refractivity contribution in [1.29, 1.82) is 0 Å². The molecule has 1 atom stereocenters. The average Bonchev–Trinajstić information content (AvgIpc) is 3.01. The van der Waals surface area contributed by atoms with Crippen LogP contribution in [0.2, 0.25) is 0 Å². The predicted octanol–water partition coefficient (Wildman–Crippen LogP) is 3.12. The molecule has 6 nitrogen and oxygen atoms in total. The van der Waals surface area contributed by atoms with E-state index >= 15 is 0 Å². The molecular formula is C16H21N3O3. The Balaban J connectivity index is 2.21. The molecule has 1 aromatic carbocycles. The molecule has 0 aliphatic rings. The van der Waals surface area contributed by atoms with Gasteiger partial charge in [0.2, 0.25) is 0 Å². The van der Waals surface area contributed by atoms with Crippen molar-refractivity contribution in [2.24, 2.45) is 0 Å². The summed E-state index contributed by atoms with van der Waals surface area (Å²) in [7, 11) is 3.10. The zero-order chi connectivity index (χ0) is 16.1. The van der Waals surface area contributed by atoms with Gasteiger partial charge in [0.15, 0.2) is 11.5 Å². The zero-order valence-corrected chi connectivity index (χ0v) is 13.3. The summed E-state index contributed by atoms with van der Waals surface area (Å²) in [5.41, 5.74) is 0.495. The van der Waals surface area contributed by atoms with Gasteiger partial charge in [-0.25, -0.2) is 4.68 Å². The van der Waals surface area contributed by atoms with Crippen LogP contribution in [0.5, 0.6) is 11.5 Å². The van der Waals surface area contributed by atoms with Crippen molar-refractivity contribution >= 4 is 11.7 Å². The van der Waals surface area contributed by atoms with Gasteiger partial charge in [-0.3, -0.25) is 4.79 Å². The molecular weight excluding hydrogens is 282 g/mol. The van der Waals surface area contributed by atoms with Gasteiger partial charge in [-0.15, -0.1) is 0 Å². The third kappa shape index (κ3) is 3.21. The van der Waals surface area contributed by atoms with Crippen molar-refractivity contribution in [3.8, 4) is 11.5 Å². The number of carbonyl (C=O) groups excluding carboxylic acids is 1. The summed E-state index contributed by atoms with van der Waals surface area (Å²) < 4.78 is 12.2. The molecule has 0 saturated heterocycles. The minimum Gasteiger partial charge on any atom is -0.493 e. The molecule has 1 N–H and O–H groups in total. The van der Waals surface area contributed by atoms with Gasteiger partial charge in [-0.05, 0) is 31.5 Å². The Morgan fingerprint density at radius 1 is 1.27 bits per heavy atom. The van der Waals surface area contributed by atoms with E-state index in [2.05, 4.69) is 24.3 Å². The molecule has 6 heteroatoms. The smallest absolute Gasteiger partial charge is 0.256 e. The van der Waals surface area contributed by atoms with E-state index in [1.165, 1.54) is 7.11 Å². The molecule has 2 rings (SSSR count). The minimum absolute atomic E-state index is 0.217. The third-order valence-electron chi connectivity index (χ3n) is 3.57. The molecule has 0 bridgehead atoms. The highest BCUT2D eigenvalue weighted by Crippen LogP contribution is 2.28. The van der Waals surface area contributed by atoms with E-state index in [4.69, 9.17) is 9.47 Å². The van der Waals surface area contributed by atoms with Crippen molar-refractivity contribution in [3.63, 3.8) is 0 Å². The first-order valence-electron chi connectivity index (χ1n) is 7.17. The molecule has 0 aliphatic heterocycles. The van der Waals surface area contributed by atoms with Crippen molar-refractivity contribution < 1.29 is 14.3 Å². The average molecular weight is 303 g/mol. The lowest BCUT2D eigenvalue weighted by Gasteiger charge is -2.14. The normalized spacial score (nSPS) is 11.8. The van der Waals surface area contributed by atoms with E-state index in [0.29, 0.717) is 22.9 Å². The summed E-state index contributed by atoms with van der Waals surface area (Å²) in [5.74, 6) is 1.56. The number of hydrogen-bond acceptors (Lipinski definition) is 4. The van der Waals surface area contributed by atoms with Crippen LogP contribution in [0.3, 0.4) is 0 Å². The van der Waals surface area contributed by atoms with Gasteiger partial charge in [0.25, 0.3) is 5.91 Å². The first-order valence-corrected chi connectivity index (χ1v) is 7.17. The van der Waals surface area contributed by atoms with Crippen LogP contribution in [0.25, 0.3) is 0 Å². The predicted molar refractivity (Wildman–Crippen MR) is 84.7 cm³/mol. The minimum atomic E-state index is -0.217. The molecule has 1 amide bonds. The molecule has 0 radical (unpaired) electrons. The second kappa shape index (κ2) is 6.98. The summed E-state index contributed by atoms with van der Waals surface area (Å²) in [6, 6.07) is 7.05. The number of nitrogens with one attached hydrogen (secondary N) is 1.